The molecule has 2 saturated heterocycles. The van der Waals surface area contributed by atoms with Crippen molar-refractivity contribution in [2.75, 3.05) is 32.8 Å². The van der Waals surface area contributed by atoms with Crippen molar-refractivity contribution in [3.8, 4) is 0 Å². The number of nitrogens with zero attached hydrogens (tertiary/aromatic N) is 3. The molecule has 0 aromatic heterocycles. The van der Waals surface area contributed by atoms with E-state index >= 15 is 0 Å². The third-order valence-corrected chi connectivity index (χ3v) is 8.13. The Morgan fingerprint density at radius 1 is 1.00 bits per heavy atom. The molecule has 188 valence electrons. The minimum atomic E-state index is -1.24. The lowest BCUT2D eigenvalue weighted by molar-refractivity contribution is -0.155. The molecule has 4 aliphatic rings. The molecule has 0 radical (unpaired) electrons. The van der Waals surface area contributed by atoms with Crippen LogP contribution in [0.25, 0.3) is 0 Å². The molecule has 1 spiro atoms. The summed E-state index contributed by atoms with van der Waals surface area (Å²) in [4.78, 5) is 47.0. The number of aliphatic hydroxyl groups excluding tert-OH is 1. The highest BCUT2D eigenvalue weighted by Gasteiger charge is 2.75. The van der Waals surface area contributed by atoms with Gasteiger partial charge in [0.05, 0.1) is 24.0 Å². The number of hydrogen-bond donors (Lipinski definition) is 1. The fraction of sp³-hybridized carbons (Fsp3) is 0.731. The lowest BCUT2D eigenvalue weighted by Gasteiger charge is -2.39. The first-order chi connectivity index (χ1) is 16.3. The summed E-state index contributed by atoms with van der Waals surface area (Å²) in [5.74, 6) is -2.05. The van der Waals surface area contributed by atoms with E-state index in [4.69, 9.17) is 4.74 Å². The van der Waals surface area contributed by atoms with E-state index in [1.165, 1.54) is 4.90 Å². The largest absolute Gasteiger partial charge is 0.395 e. The van der Waals surface area contributed by atoms with Crippen LogP contribution in [0, 0.1) is 11.8 Å². The van der Waals surface area contributed by atoms with Crippen LogP contribution in [-0.4, -0.2) is 93.6 Å². The molecule has 3 amide bonds. The second-order valence-electron chi connectivity index (χ2n) is 10.1. The Morgan fingerprint density at radius 3 is 2.38 bits per heavy atom. The molecule has 2 unspecified atom stereocenters. The number of carbonyl (C=O) groups excluding carboxylic acids is 3. The molecule has 4 aliphatic heterocycles. The van der Waals surface area contributed by atoms with Gasteiger partial charge in [-0.25, -0.2) is 0 Å². The van der Waals surface area contributed by atoms with Crippen molar-refractivity contribution in [3.05, 3.63) is 24.3 Å². The average molecular weight is 474 g/mol. The van der Waals surface area contributed by atoms with Gasteiger partial charge in [-0.1, -0.05) is 51.5 Å². The van der Waals surface area contributed by atoms with Gasteiger partial charge < -0.3 is 24.5 Å². The van der Waals surface area contributed by atoms with E-state index in [0.717, 1.165) is 19.3 Å². The van der Waals surface area contributed by atoms with E-state index in [1.807, 2.05) is 50.0 Å². The first kappa shape index (κ1) is 24.9. The zero-order valence-corrected chi connectivity index (χ0v) is 20.9. The quantitative estimate of drug-likeness (QED) is 0.543. The van der Waals surface area contributed by atoms with Gasteiger partial charge in [0.25, 0.3) is 0 Å². The summed E-state index contributed by atoms with van der Waals surface area (Å²) in [6.07, 6.45) is 10.9. The van der Waals surface area contributed by atoms with Gasteiger partial charge in [0, 0.05) is 32.2 Å². The molecule has 0 aromatic carbocycles. The Bertz CT molecular complexity index is 888. The van der Waals surface area contributed by atoms with Gasteiger partial charge in [-0.05, 0) is 26.2 Å². The van der Waals surface area contributed by atoms with Crippen LogP contribution in [0.2, 0.25) is 0 Å². The molecule has 2 fully saturated rings. The van der Waals surface area contributed by atoms with Crippen LogP contribution >= 0.6 is 0 Å². The maximum Gasteiger partial charge on any atom is 0.249 e. The molecule has 34 heavy (non-hydrogen) atoms. The van der Waals surface area contributed by atoms with Gasteiger partial charge in [0.15, 0.2) is 0 Å². The maximum absolute atomic E-state index is 14.0. The van der Waals surface area contributed by atoms with Gasteiger partial charge in [-0.2, -0.15) is 0 Å². The average Bonchev–Trinajstić information content (AvgIpc) is 3.09. The second-order valence-corrected chi connectivity index (χ2v) is 10.1. The summed E-state index contributed by atoms with van der Waals surface area (Å²) in [7, 11) is 0. The summed E-state index contributed by atoms with van der Waals surface area (Å²) in [5, 5.41) is 9.79. The van der Waals surface area contributed by atoms with Crippen molar-refractivity contribution in [1.29, 1.82) is 0 Å². The number of β-amino-alcohol motifs (C(OH)–C–C–N with tert-alkyl or cyclic N) is 1. The molecule has 0 bridgehead atoms. The third kappa shape index (κ3) is 3.52. The predicted molar refractivity (Wildman–Crippen MR) is 128 cm³/mol. The topological polar surface area (TPSA) is 90.4 Å². The number of rotatable bonds is 8. The van der Waals surface area contributed by atoms with Crippen LogP contribution in [0.3, 0.4) is 0 Å². The van der Waals surface area contributed by atoms with Gasteiger partial charge in [0.2, 0.25) is 17.7 Å². The van der Waals surface area contributed by atoms with Crippen LogP contribution in [0.15, 0.2) is 24.3 Å². The van der Waals surface area contributed by atoms with Gasteiger partial charge in [-0.3, -0.25) is 14.4 Å². The second kappa shape index (κ2) is 9.46. The number of amides is 3. The van der Waals surface area contributed by atoms with Crippen molar-refractivity contribution in [3.63, 3.8) is 0 Å². The molecule has 8 heteroatoms. The summed E-state index contributed by atoms with van der Waals surface area (Å²) >= 11 is 0. The van der Waals surface area contributed by atoms with Crippen molar-refractivity contribution < 1.29 is 24.2 Å². The van der Waals surface area contributed by atoms with Crippen LogP contribution in [0.4, 0.5) is 0 Å². The molecule has 0 aromatic rings. The number of fused-ring (bicyclic) bond motifs is 2. The van der Waals surface area contributed by atoms with Crippen molar-refractivity contribution >= 4 is 17.7 Å². The lowest BCUT2D eigenvalue weighted by atomic mass is 9.73. The predicted octanol–water partition coefficient (Wildman–Crippen LogP) is 1.74. The van der Waals surface area contributed by atoms with E-state index in [9.17, 15) is 19.5 Å². The highest BCUT2D eigenvalue weighted by Crippen LogP contribution is 2.58. The lowest BCUT2D eigenvalue weighted by Crippen LogP contribution is -2.57. The number of hydrogen-bond acceptors (Lipinski definition) is 5. The molecule has 6 atom stereocenters. The molecule has 4 rings (SSSR count). The van der Waals surface area contributed by atoms with Gasteiger partial charge in [0.1, 0.15) is 11.6 Å². The monoisotopic (exact) mass is 473 g/mol. The fourth-order valence-corrected chi connectivity index (χ4v) is 6.62. The zero-order valence-electron chi connectivity index (χ0n) is 20.9. The number of likely N-dealkylation sites (tertiary alicyclic amines) is 1. The van der Waals surface area contributed by atoms with E-state index in [0.29, 0.717) is 26.1 Å². The highest BCUT2D eigenvalue weighted by molar-refractivity contribution is 6.00. The first-order valence-electron chi connectivity index (χ1n) is 12.9. The van der Waals surface area contributed by atoms with Crippen LogP contribution in [-0.2, 0) is 19.1 Å². The molecule has 8 nitrogen and oxygen atoms in total. The fourth-order valence-electron chi connectivity index (χ4n) is 6.62. The van der Waals surface area contributed by atoms with E-state index in [-0.39, 0.29) is 36.9 Å². The molecule has 4 heterocycles. The van der Waals surface area contributed by atoms with Crippen LogP contribution < -0.4 is 0 Å². The summed E-state index contributed by atoms with van der Waals surface area (Å²) in [6.45, 7) is 9.42. The number of carbonyl (C=O) groups is 3. The molecule has 0 saturated carbocycles. The smallest absolute Gasteiger partial charge is 0.249 e. The summed E-state index contributed by atoms with van der Waals surface area (Å²) in [5.41, 5.74) is -2.18. The van der Waals surface area contributed by atoms with E-state index in [2.05, 4.69) is 6.92 Å². The highest BCUT2D eigenvalue weighted by atomic mass is 16.5. The Balaban J connectivity index is 1.85. The molecule has 0 aliphatic carbocycles. The molecular formula is C26H39N3O5. The first-order valence-corrected chi connectivity index (χ1v) is 12.9. The summed E-state index contributed by atoms with van der Waals surface area (Å²) < 4.78 is 6.87. The van der Waals surface area contributed by atoms with Crippen molar-refractivity contribution in [2.24, 2.45) is 11.8 Å². The Kier molecular flexibility index (Phi) is 6.93. The van der Waals surface area contributed by atoms with Gasteiger partial charge in [-0.15, -0.1) is 0 Å². The zero-order chi connectivity index (χ0) is 24.7. The normalized spacial score (nSPS) is 35.9. The van der Waals surface area contributed by atoms with Crippen molar-refractivity contribution in [2.45, 2.75) is 76.7 Å². The Morgan fingerprint density at radius 2 is 1.74 bits per heavy atom. The SMILES string of the molecule is CCCC(C)N1CC=C[C@]23O[C@@]4(CC)C=CCN(CCC)C(=O)[C@H]4[C@H]2C(=O)N(CCO)C3C1=O. The van der Waals surface area contributed by atoms with E-state index < -0.39 is 29.1 Å². The number of aliphatic hydroxyl groups is 1. The number of ether oxygens (including phenoxy) is 1. The minimum Gasteiger partial charge on any atom is -0.395 e. The Labute approximate surface area is 202 Å². The molecular weight excluding hydrogens is 434 g/mol. The summed E-state index contributed by atoms with van der Waals surface area (Å²) in [6, 6.07) is -0.887. The van der Waals surface area contributed by atoms with Crippen molar-refractivity contribution in [1.82, 2.24) is 14.7 Å². The third-order valence-electron chi connectivity index (χ3n) is 8.13. The van der Waals surface area contributed by atoms with Crippen LogP contribution in [0.5, 0.6) is 0 Å². The standard InChI is InChI=1S/C26H39N3O5/c1-5-10-18(4)28-15-9-12-26-20(23(32)29(16-17-30)21(26)24(28)33)19-22(31)27(13-6-2)14-8-11-25(19,7-3)34-26/h8-9,11-12,18-21,30H,5-7,10,13-17H2,1-4H3/t18?,19-,20+,21?,25+,26+/m1/s1. The minimum absolute atomic E-state index is 0.0102. The van der Waals surface area contributed by atoms with Crippen LogP contribution in [0.1, 0.15) is 53.4 Å². The van der Waals surface area contributed by atoms with Gasteiger partial charge >= 0.3 is 0 Å². The maximum atomic E-state index is 14.0. The van der Waals surface area contributed by atoms with E-state index in [1.54, 1.807) is 4.90 Å². The Hall–Kier alpha value is -2.19. The molecule has 1 N–H and O–H groups in total.